The summed E-state index contributed by atoms with van der Waals surface area (Å²) in [4.78, 5) is 24.2. The van der Waals surface area contributed by atoms with Gasteiger partial charge in [0, 0.05) is 22.6 Å². The van der Waals surface area contributed by atoms with Crippen LogP contribution in [0.15, 0.2) is 78.9 Å². The first-order valence-electron chi connectivity index (χ1n) is 8.32. The number of ether oxygens (including phenoxy) is 1. The third-order valence-electron chi connectivity index (χ3n) is 3.78. The Labute approximate surface area is 157 Å². The highest BCUT2D eigenvalue weighted by atomic mass is 16.5. The number of carbonyl (C=O) groups is 2. The summed E-state index contributed by atoms with van der Waals surface area (Å²) in [5.74, 6) is 0.468. The third-order valence-corrected chi connectivity index (χ3v) is 3.78. The first-order chi connectivity index (χ1) is 13.1. The molecule has 0 bridgehead atoms. The SMILES string of the molecule is COc1ccc(C(=O)Nc2ccc(NC(=O)Nc3ccccc3)cc2)cc1. The zero-order valence-electron chi connectivity index (χ0n) is 14.7. The predicted molar refractivity (Wildman–Crippen MR) is 106 cm³/mol. The van der Waals surface area contributed by atoms with Gasteiger partial charge >= 0.3 is 6.03 Å². The van der Waals surface area contributed by atoms with Crippen molar-refractivity contribution in [2.45, 2.75) is 0 Å². The van der Waals surface area contributed by atoms with Crippen LogP contribution in [-0.4, -0.2) is 19.0 Å². The molecule has 0 atom stereocenters. The summed E-state index contributed by atoms with van der Waals surface area (Å²) in [6.45, 7) is 0. The molecule has 3 amide bonds. The highest BCUT2D eigenvalue weighted by molar-refractivity contribution is 6.04. The molecule has 3 aromatic carbocycles. The number of anilines is 3. The van der Waals surface area contributed by atoms with E-state index in [2.05, 4.69) is 16.0 Å². The number of nitrogens with one attached hydrogen (secondary N) is 3. The third kappa shape index (κ3) is 5.09. The van der Waals surface area contributed by atoms with E-state index in [1.54, 1.807) is 67.8 Å². The van der Waals surface area contributed by atoms with Crippen LogP contribution in [0.5, 0.6) is 5.75 Å². The molecule has 0 aliphatic carbocycles. The second-order valence-electron chi connectivity index (χ2n) is 5.71. The highest BCUT2D eigenvalue weighted by Gasteiger charge is 2.07. The monoisotopic (exact) mass is 361 g/mol. The van der Waals surface area contributed by atoms with Gasteiger partial charge in [0.25, 0.3) is 5.91 Å². The quantitative estimate of drug-likeness (QED) is 0.622. The van der Waals surface area contributed by atoms with Crippen molar-refractivity contribution >= 4 is 29.0 Å². The lowest BCUT2D eigenvalue weighted by atomic mass is 10.2. The Morgan fingerprint density at radius 2 is 1.19 bits per heavy atom. The molecule has 0 unspecified atom stereocenters. The van der Waals surface area contributed by atoms with Gasteiger partial charge in [0.2, 0.25) is 0 Å². The maximum atomic E-state index is 12.2. The van der Waals surface area contributed by atoms with E-state index in [0.717, 1.165) is 0 Å². The molecular weight excluding hydrogens is 342 g/mol. The van der Waals surface area contributed by atoms with Crippen molar-refractivity contribution in [2.75, 3.05) is 23.1 Å². The fourth-order valence-electron chi connectivity index (χ4n) is 2.40. The number of methoxy groups -OCH3 is 1. The molecule has 0 aliphatic rings. The lowest BCUT2D eigenvalue weighted by Crippen LogP contribution is -2.19. The van der Waals surface area contributed by atoms with Crippen molar-refractivity contribution in [3.8, 4) is 5.75 Å². The summed E-state index contributed by atoms with van der Waals surface area (Å²) >= 11 is 0. The lowest BCUT2D eigenvalue weighted by molar-refractivity contribution is 0.102. The number of carbonyl (C=O) groups excluding carboxylic acids is 2. The normalized spacial score (nSPS) is 9.96. The lowest BCUT2D eigenvalue weighted by Gasteiger charge is -2.09. The van der Waals surface area contributed by atoms with Crippen molar-refractivity contribution in [1.82, 2.24) is 0 Å². The molecule has 0 radical (unpaired) electrons. The van der Waals surface area contributed by atoms with Gasteiger partial charge in [-0.2, -0.15) is 0 Å². The van der Waals surface area contributed by atoms with Crippen molar-refractivity contribution in [2.24, 2.45) is 0 Å². The predicted octanol–water partition coefficient (Wildman–Crippen LogP) is 4.59. The molecule has 3 aromatic rings. The van der Waals surface area contributed by atoms with E-state index in [-0.39, 0.29) is 11.9 Å². The van der Waals surface area contributed by atoms with Gasteiger partial charge < -0.3 is 20.7 Å². The standard InChI is InChI=1S/C21H19N3O3/c1-27-19-13-7-15(8-14-19)20(25)22-17-9-11-18(12-10-17)24-21(26)23-16-5-3-2-4-6-16/h2-14H,1H3,(H,22,25)(H2,23,24,26). The molecule has 0 saturated carbocycles. The Kier molecular flexibility index (Phi) is 5.69. The van der Waals surface area contributed by atoms with Crippen molar-refractivity contribution in [3.63, 3.8) is 0 Å². The molecule has 3 N–H and O–H groups in total. The molecule has 0 heterocycles. The van der Waals surface area contributed by atoms with Gasteiger partial charge in [-0.1, -0.05) is 18.2 Å². The van der Waals surface area contributed by atoms with E-state index in [4.69, 9.17) is 4.74 Å². The van der Waals surface area contributed by atoms with Crippen LogP contribution < -0.4 is 20.7 Å². The van der Waals surface area contributed by atoms with E-state index in [1.165, 1.54) is 0 Å². The number of hydrogen-bond donors (Lipinski definition) is 3. The van der Waals surface area contributed by atoms with Crippen molar-refractivity contribution < 1.29 is 14.3 Å². The average molecular weight is 361 g/mol. The van der Waals surface area contributed by atoms with Crippen LogP contribution in [-0.2, 0) is 0 Å². The van der Waals surface area contributed by atoms with Crippen LogP contribution in [0.4, 0.5) is 21.9 Å². The summed E-state index contributed by atoms with van der Waals surface area (Å²) in [5, 5.41) is 8.28. The fraction of sp³-hybridized carbons (Fsp3) is 0.0476. The average Bonchev–Trinajstić information content (AvgIpc) is 2.70. The smallest absolute Gasteiger partial charge is 0.323 e. The summed E-state index contributed by atoms with van der Waals surface area (Å²) < 4.78 is 5.08. The second-order valence-corrected chi connectivity index (χ2v) is 5.71. The first kappa shape index (κ1) is 18.0. The number of benzene rings is 3. The molecule has 27 heavy (non-hydrogen) atoms. The van der Waals surface area contributed by atoms with Gasteiger partial charge in [-0.15, -0.1) is 0 Å². The number of rotatable bonds is 5. The molecule has 0 saturated heterocycles. The minimum atomic E-state index is -0.337. The summed E-state index contributed by atoms with van der Waals surface area (Å²) in [6, 6.07) is 22.6. The highest BCUT2D eigenvalue weighted by Crippen LogP contribution is 2.17. The molecule has 0 aromatic heterocycles. The molecule has 0 aliphatic heterocycles. The van der Waals surface area contributed by atoms with Gasteiger partial charge in [0.05, 0.1) is 7.11 Å². The van der Waals surface area contributed by atoms with Crippen LogP contribution in [0.3, 0.4) is 0 Å². The van der Waals surface area contributed by atoms with Crippen molar-refractivity contribution in [3.05, 3.63) is 84.4 Å². The number of amides is 3. The zero-order chi connectivity index (χ0) is 19.1. The molecular formula is C21H19N3O3. The van der Waals surface area contributed by atoms with E-state index in [0.29, 0.717) is 28.4 Å². The van der Waals surface area contributed by atoms with Crippen LogP contribution >= 0.6 is 0 Å². The minimum absolute atomic E-state index is 0.222. The summed E-state index contributed by atoms with van der Waals surface area (Å²) in [5.41, 5.74) is 2.48. The van der Waals surface area contributed by atoms with Gasteiger partial charge in [-0.05, 0) is 60.7 Å². The fourth-order valence-corrected chi connectivity index (χ4v) is 2.40. The Morgan fingerprint density at radius 3 is 1.74 bits per heavy atom. The maximum Gasteiger partial charge on any atom is 0.323 e. The second kappa shape index (κ2) is 8.53. The first-order valence-corrected chi connectivity index (χ1v) is 8.32. The van der Waals surface area contributed by atoms with Crippen molar-refractivity contribution in [1.29, 1.82) is 0 Å². The van der Waals surface area contributed by atoms with Crippen LogP contribution in [0, 0.1) is 0 Å². The van der Waals surface area contributed by atoms with Crippen LogP contribution in [0.2, 0.25) is 0 Å². The largest absolute Gasteiger partial charge is 0.497 e. The molecule has 136 valence electrons. The van der Waals surface area contributed by atoms with Crippen LogP contribution in [0.25, 0.3) is 0 Å². The molecule has 6 heteroatoms. The number of hydrogen-bond acceptors (Lipinski definition) is 3. The molecule has 3 rings (SSSR count). The van der Waals surface area contributed by atoms with Gasteiger partial charge in [-0.3, -0.25) is 4.79 Å². The van der Waals surface area contributed by atoms with Gasteiger partial charge in [-0.25, -0.2) is 4.79 Å². The Balaban J connectivity index is 1.56. The number of para-hydroxylation sites is 1. The van der Waals surface area contributed by atoms with Crippen LogP contribution in [0.1, 0.15) is 10.4 Å². The molecule has 0 spiro atoms. The Morgan fingerprint density at radius 1 is 0.667 bits per heavy atom. The summed E-state index contributed by atoms with van der Waals surface area (Å²) in [6.07, 6.45) is 0. The zero-order valence-corrected chi connectivity index (χ0v) is 14.7. The Hall–Kier alpha value is -3.80. The molecule has 0 fully saturated rings. The van der Waals surface area contributed by atoms with E-state index in [1.807, 2.05) is 18.2 Å². The van der Waals surface area contributed by atoms with Gasteiger partial charge in [0.15, 0.2) is 0 Å². The molecule has 6 nitrogen and oxygen atoms in total. The van der Waals surface area contributed by atoms with E-state index < -0.39 is 0 Å². The van der Waals surface area contributed by atoms with E-state index >= 15 is 0 Å². The number of urea groups is 1. The van der Waals surface area contributed by atoms with Gasteiger partial charge in [0.1, 0.15) is 5.75 Å². The Bertz CT molecular complexity index is 908. The maximum absolute atomic E-state index is 12.2. The minimum Gasteiger partial charge on any atom is -0.497 e. The van der Waals surface area contributed by atoms with E-state index in [9.17, 15) is 9.59 Å². The topological polar surface area (TPSA) is 79.5 Å². The summed E-state index contributed by atoms with van der Waals surface area (Å²) in [7, 11) is 1.57.